The van der Waals surface area contributed by atoms with Crippen molar-refractivity contribution < 1.29 is 23.4 Å². The Bertz CT molecular complexity index is 796. The van der Waals surface area contributed by atoms with Gasteiger partial charge in [0.1, 0.15) is 12.4 Å². The van der Waals surface area contributed by atoms with Gasteiger partial charge >= 0.3 is 5.97 Å². The van der Waals surface area contributed by atoms with Crippen LogP contribution in [0, 0.1) is 5.82 Å². The van der Waals surface area contributed by atoms with Crippen molar-refractivity contribution in [3.8, 4) is 11.5 Å². The van der Waals surface area contributed by atoms with E-state index < -0.39 is 11.8 Å². The van der Waals surface area contributed by atoms with E-state index in [0.29, 0.717) is 22.6 Å². The lowest BCUT2D eigenvalue weighted by atomic mass is 9.95. The fourth-order valence-corrected chi connectivity index (χ4v) is 2.51. The number of methoxy groups -OCH3 is 2. The predicted molar refractivity (Wildman–Crippen MR) is 83.6 cm³/mol. The zero-order valence-electron chi connectivity index (χ0n) is 12.8. The molecule has 1 aliphatic rings. The maximum Gasteiger partial charge on any atom is 0.339 e. The summed E-state index contributed by atoms with van der Waals surface area (Å²) in [5.41, 5.74) is 2.05. The molecule has 2 aromatic rings. The SMILES string of the molecule is COc1cc2c(cc1OC)/C(=C/c1ccccc1F)C(=O)OC2. The Labute approximate surface area is 133 Å². The van der Waals surface area contributed by atoms with Gasteiger partial charge in [0, 0.05) is 11.1 Å². The number of cyclic esters (lactones) is 1. The van der Waals surface area contributed by atoms with Crippen LogP contribution in [0.1, 0.15) is 16.7 Å². The average Bonchev–Trinajstić information content (AvgIpc) is 2.58. The fourth-order valence-electron chi connectivity index (χ4n) is 2.51. The molecule has 0 aliphatic carbocycles. The molecule has 0 unspecified atom stereocenters. The Morgan fingerprint density at radius 1 is 1.13 bits per heavy atom. The third-order valence-electron chi connectivity index (χ3n) is 3.68. The first kappa shape index (κ1) is 15.1. The summed E-state index contributed by atoms with van der Waals surface area (Å²) >= 11 is 0. The first-order chi connectivity index (χ1) is 11.1. The van der Waals surface area contributed by atoms with Gasteiger partial charge in [-0.1, -0.05) is 18.2 Å². The molecule has 2 aromatic carbocycles. The van der Waals surface area contributed by atoms with Crippen LogP contribution in [-0.2, 0) is 16.1 Å². The van der Waals surface area contributed by atoms with Gasteiger partial charge in [0.05, 0.1) is 19.8 Å². The Morgan fingerprint density at radius 3 is 2.52 bits per heavy atom. The Morgan fingerprint density at radius 2 is 1.83 bits per heavy atom. The molecule has 1 heterocycles. The topological polar surface area (TPSA) is 44.8 Å². The van der Waals surface area contributed by atoms with Crippen LogP contribution in [0.15, 0.2) is 36.4 Å². The Hall–Kier alpha value is -2.82. The highest BCUT2D eigenvalue weighted by atomic mass is 19.1. The summed E-state index contributed by atoms with van der Waals surface area (Å²) in [6, 6.07) is 9.72. The number of fused-ring (bicyclic) bond motifs is 1. The third kappa shape index (κ3) is 2.77. The van der Waals surface area contributed by atoms with Crippen molar-refractivity contribution in [1.82, 2.24) is 0 Å². The van der Waals surface area contributed by atoms with E-state index >= 15 is 0 Å². The van der Waals surface area contributed by atoms with Crippen LogP contribution >= 0.6 is 0 Å². The van der Waals surface area contributed by atoms with Crippen LogP contribution in [0.5, 0.6) is 11.5 Å². The van der Waals surface area contributed by atoms with Crippen LogP contribution in [0.4, 0.5) is 4.39 Å². The Kier molecular flexibility index (Phi) is 4.02. The zero-order valence-corrected chi connectivity index (χ0v) is 12.8. The van der Waals surface area contributed by atoms with Crippen molar-refractivity contribution >= 4 is 17.6 Å². The number of ether oxygens (including phenoxy) is 3. The highest BCUT2D eigenvalue weighted by molar-refractivity contribution is 6.22. The number of benzene rings is 2. The van der Waals surface area contributed by atoms with E-state index in [-0.39, 0.29) is 12.2 Å². The smallest absolute Gasteiger partial charge is 0.339 e. The van der Waals surface area contributed by atoms with Gasteiger partial charge in [0.15, 0.2) is 11.5 Å². The standard InChI is InChI=1S/C18H15FO4/c1-21-16-8-12-10-23-18(20)14(13(12)9-17(16)22-2)7-11-5-3-4-6-15(11)19/h3-9H,10H2,1-2H3/b14-7-. The maximum absolute atomic E-state index is 13.9. The van der Waals surface area contributed by atoms with E-state index in [0.717, 1.165) is 5.56 Å². The van der Waals surface area contributed by atoms with Gasteiger partial charge in [0.2, 0.25) is 0 Å². The number of carbonyl (C=O) groups is 1. The van der Waals surface area contributed by atoms with Crippen molar-refractivity contribution in [2.45, 2.75) is 6.61 Å². The van der Waals surface area contributed by atoms with Gasteiger partial charge in [-0.15, -0.1) is 0 Å². The molecule has 118 valence electrons. The maximum atomic E-state index is 13.9. The number of hydrogen-bond acceptors (Lipinski definition) is 4. The molecule has 0 aromatic heterocycles. The van der Waals surface area contributed by atoms with Crippen molar-refractivity contribution in [1.29, 1.82) is 0 Å². The summed E-state index contributed by atoms with van der Waals surface area (Å²) in [5, 5.41) is 0. The minimum atomic E-state index is -0.493. The van der Waals surface area contributed by atoms with Crippen molar-refractivity contribution in [3.63, 3.8) is 0 Å². The van der Waals surface area contributed by atoms with Crippen LogP contribution in [0.3, 0.4) is 0 Å². The van der Waals surface area contributed by atoms with E-state index in [9.17, 15) is 9.18 Å². The number of rotatable bonds is 3. The summed E-state index contributed by atoms with van der Waals surface area (Å²) in [6.07, 6.45) is 1.49. The molecule has 0 atom stereocenters. The normalized spacial score (nSPS) is 15.1. The molecule has 23 heavy (non-hydrogen) atoms. The van der Waals surface area contributed by atoms with E-state index in [2.05, 4.69) is 0 Å². The van der Waals surface area contributed by atoms with Crippen molar-refractivity contribution in [2.75, 3.05) is 14.2 Å². The van der Waals surface area contributed by atoms with E-state index in [1.54, 1.807) is 30.3 Å². The molecule has 1 aliphatic heterocycles. The van der Waals surface area contributed by atoms with Gasteiger partial charge in [-0.3, -0.25) is 0 Å². The van der Waals surface area contributed by atoms with Gasteiger partial charge in [0.25, 0.3) is 0 Å². The molecule has 0 saturated heterocycles. The molecule has 0 saturated carbocycles. The summed E-state index contributed by atoms with van der Waals surface area (Å²) < 4.78 is 29.6. The predicted octanol–water partition coefficient (Wildman–Crippen LogP) is 3.44. The van der Waals surface area contributed by atoms with Gasteiger partial charge in [-0.2, -0.15) is 0 Å². The van der Waals surface area contributed by atoms with Crippen molar-refractivity contribution in [3.05, 3.63) is 58.9 Å². The fraction of sp³-hybridized carbons (Fsp3) is 0.167. The second-order valence-corrected chi connectivity index (χ2v) is 5.02. The lowest BCUT2D eigenvalue weighted by molar-refractivity contribution is -0.138. The van der Waals surface area contributed by atoms with Crippen LogP contribution in [0.25, 0.3) is 11.6 Å². The first-order valence-electron chi connectivity index (χ1n) is 7.02. The molecule has 0 amide bonds. The molecule has 0 N–H and O–H groups in total. The number of carbonyl (C=O) groups excluding carboxylic acids is 1. The monoisotopic (exact) mass is 314 g/mol. The number of hydrogen-bond donors (Lipinski definition) is 0. The van der Waals surface area contributed by atoms with Crippen LogP contribution < -0.4 is 9.47 Å². The van der Waals surface area contributed by atoms with E-state index in [1.165, 1.54) is 26.4 Å². The van der Waals surface area contributed by atoms with Gasteiger partial charge < -0.3 is 14.2 Å². The molecule has 4 nitrogen and oxygen atoms in total. The summed E-state index contributed by atoms with van der Waals surface area (Å²) in [6.45, 7) is 0.142. The molecular formula is C18H15FO4. The highest BCUT2D eigenvalue weighted by Gasteiger charge is 2.25. The molecular weight excluding hydrogens is 299 g/mol. The second kappa shape index (κ2) is 6.12. The molecule has 0 spiro atoms. The summed E-state index contributed by atoms with van der Waals surface area (Å²) in [4.78, 5) is 12.1. The van der Waals surface area contributed by atoms with Crippen LogP contribution in [0.2, 0.25) is 0 Å². The van der Waals surface area contributed by atoms with Gasteiger partial charge in [-0.05, 0) is 29.8 Å². The first-order valence-corrected chi connectivity index (χ1v) is 7.02. The summed E-state index contributed by atoms with van der Waals surface area (Å²) in [5.74, 6) is 0.156. The minimum absolute atomic E-state index is 0.142. The second-order valence-electron chi connectivity index (χ2n) is 5.02. The molecule has 0 fully saturated rings. The third-order valence-corrected chi connectivity index (χ3v) is 3.68. The Balaban J connectivity index is 2.17. The summed E-state index contributed by atoms with van der Waals surface area (Å²) in [7, 11) is 3.06. The zero-order chi connectivity index (χ0) is 16.4. The minimum Gasteiger partial charge on any atom is -0.493 e. The molecule has 0 bridgehead atoms. The van der Waals surface area contributed by atoms with Crippen molar-refractivity contribution in [2.24, 2.45) is 0 Å². The number of halogens is 1. The molecule has 3 rings (SSSR count). The quantitative estimate of drug-likeness (QED) is 0.643. The molecule has 5 heteroatoms. The van der Waals surface area contributed by atoms with E-state index in [1.807, 2.05) is 0 Å². The van der Waals surface area contributed by atoms with E-state index in [4.69, 9.17) is 14.2 Å². The highest BCUT2D eigenvalue weighted by Crippen LogP contribution is 2.37. The largest absolute Gasteiger partial charge is 0.493 e. The average molecular weight is 314 g/mol. The van der Waals surface area contributed by atoms with Crippen LogP contribution in [-0.4, -0.2) is 20.2 Å². The lowest BCUT2D eigenvalue weighted by Crippen LogP contribution is -2.16. The lowest BCUT2D eigenvalue weighted by Gasteiger charge is -2.21. The van der Waals surface area contributed by atoms with Gasteiger partial charge in [-0.25, -0.2) is 9.18 Å². The molecule has 0 radical (unpaired) electrons. The number of esters is 1.